The molecule has 0 aliphatic heterocycles. The van der Waals surface area contributed by atoms with Crippen LogP contribution in [0.1, 0.15) is 51.7 Å². The van der Waals surface area contributed by atoms with Crippen molar-refractivity contribution in [2.75, 3.05) is 0 Å². The Morgan fingerprint density at radius 2 is 1.78 bits per heavy atom. The summed E-state index contributed by atoms with van der Waals surface area (Å²) in [5.41, 5.74) is 5.42. The standard InChI is InChI=1S/C25H29O.Zr/c1-5-18(13-14-26)15-19-16-21-7-6-8-23(24(21)17-19)20-9-11-22(12-10-20)25(2,3)4;/h6-12,14,16-18H,5,13,15H2,1-4H3;/q-1;. The van der Waals surface area contributed by atoms with Crippen LogP contribution in [0.15, 0.2) is 54.6 Å². The van der Waals surface area contributed by atoms with E-state index in [1.807, 2.05) is 0 Å². The molecule has 0 amide bonds. The molecule has 0 N–H and O–H groups in total. The molecule has 0 saturated carbocycles. The second-order valence-electron chi connectivity index (χ2n) is 8.38. The van der Waals surface area contributed by atoms with Crippen LogP contribution in [0, 0.1) is 5.92 Å². The maximum absolute atomic E-state index is 10.9. The summed E-state index contributed by atoms with van der Waals surface area (Å²) in [5, 5.41) is 2.60. The molecule has 0 aromatic heterocycles. The molecule has 1 nitrogen and oxygen atoms in total. The SMILES string of the molecule is CCC(CC=O)Cc1cc2c(-c3ccc(C(C)(C)C)cc3)cccc2[cH-]1.[Zr]. The van der Waals surface area contributed by atoms with Crippen LogP contribution in [0.3, 0.4) is 0 Å². The molecular formula is C25H29OZr-. The predicted octanol–water partition coefficient (Wildman–Crippen LogP) is 6.68. The van der Waals surface area contributed by atoms with Gasteiger partial charge in [-0.05, 0) is 28.9 Å². The van der Waals surface area contributed by atoms with Crippen molar-refractivity contribution in [1.29, 1.82) is 0 Å². The number of carbonyl (C=O) groups is 1. The smallest absolute Gasteiger partial charge is 0.120 e. The van der Waals surface area contributed by atoms with Gasteiger partial charge in [-0.2, -0.15) is 6.07 Å². The van der Waals surface area contributed by atoms with E-state index in [-0.39, 0.29) is 31.6 Å². The van der Waals surface area contributed by atoms with Crippen molar-refractivity contribution >= 4 is 17.1 Å². The van der Waals surface area contributed by atoms with E-state index in [2.05, 4.69) is 82.3 Å². The van der Waals surface area contributed by atoms with Crippen molar-refractivity contribution in [2.24, 2.45) is 5.92 Å². The van der Waals surface area contributed by atoms with Crippen molar-refractivity contribution in [3.05, 3.63) is 65.7 Å². The Kier molecular flexibility index (Phi) is 7.46. The van der Waals surface area contributed by atoms with Gasteiger partial charge in [-0.1, -0.05) is 70.0 Å². The second-order valence-corrected chi connectivity index (χ2v) is 8.38. The molecule has 0 bridgehead atoms. The first-order chi connectivity index (χ1) is 12.4. The molecule has 1 unspecified atom stereocenters. The van der Waals surface area contributed by atoms with Gasteiger partial charge in [-0.3, -0.25) is 0 Å². The van der Waals surface area contributed by atoms with Gasteiger partial charge < -0.3 is 4.79 Å². The number of carbonyl (C=O) groups excluding carboxylic acids is 1. The Morgan fingerprint density at radius 3 is 2.37 bits per heavy atom. The summed E-state index contributed by atoms with van der Waals surface area (Å²) in [6, 6.07) is 20.1. The molecule has 0 saturated heterocycles. The Balaban J connectivity index is 0.00000261. The zero-order valence-electron chi connectivity index (χ0n) is 16.9. The summed E-state index contributed by atoms with van der Waals surface area (Å²) < 4.78 is 0. The minimum Gasteiger partial charge on any atom is -0.303 e. The van der Waals surface area contributed by atoms with Crippen LogP contribution in [0.5, 0.6) is 0 Å². The van der Waals surface area contributed by atoms with Crippen LogP contribution in [0.25, 0.3) is 21.9 Å². The minimum absolute atomic E-state index is 0. The first-order valence-electron chi connectivity index (χ1n) is 9.65. The number of rotatable bonds is 6. The van der Waals surface area contributed by atoms with Crippen LogP contribution >= 0.6 is 0 Å². The summed E-state index contributed by atoms with van der Waals surface area (Å²) in [4.78, 5) is 10.9. The Hall–Kier alpha value is -1.40. The van der Waals surface area contributed by atoms with Gasteiger partial charge >= 0.3 is 0 Å². The van der Waals surface area contributed by atoms with Crippen LogP contribution in [0.2, 0.25) is 0 Å². The summed E-state index contributed by atoms with van der Waals surface area (Å²) in [7, 11) is 0. The summed E-state index contributed by atoms with van der Waals surface area (Å²) in [5.74, 6) is 0.443. The van der Waals surface area contributed by atoms with E-state index in [1.165, 1.54) is 33.0 Å². The average Bonchev–Trinajstić information content (AvgIpc) is 3.03. The number of benzene rings is 2. The van der Waals surface area contributed by atoms with Crippen molar-refractivity contribution < 1.29 is 31.0 Å². The number of hydrogen-bond acceptors (Lipinski definition) is 1. The van der Waals surface area contributed by atoms with E-state index in [0.717, 1.165) is 19.1 Å². The van der Waals surface area contributed by atoms with Gasteiger partial charge in [0.1, 0.15) is 6.29 Å². The Bertz CT molecular complexity index is 881. The number of fused-ring (bicyclic) bond motifs is 1. The topological polar surface area (TPSA) is 17.1 Å². The maximum Gasteiger partial charge on any atom is 0.120 e. The van der Waals surface area contributed by atoms with Crippen molar-refractivity contribution in [3.63, 3.8) is 0 Å². The van der Waals surface area contributed by atoms with Crippen molar-refractivity contribution in [2.45, 2.75) is 52.4 Å². The third-order valence-corrected chi connectivity index (χ3v) is 5.40. The van der Waals surface area contributed by atoms with Crippen LogP contribution in [-0.4, -0.2) is 6.29 Å². The molecule has 3 aromatic rings. The molecule has 3 aromatic carbocycles. The minimum atomic E-state index is 0. The molecule has 0 aliphatic carbocycles. The average molecular weight is 437 g/mol. The Morgan fingerprint density at radius 1 is 1.07 bits per heavy atom. The maximum atomic E-state index is 10.9. The molecule has 0 aliphatic rings. The molecule has 1 atom stereocenters. The van der Waals surface area contributed by atoms with Gasteiger partial charge in [-0.25, -0.2) is 0 Å². The largest absolute Gasteiger partial charge is 0.303 e. The predicted molar refractivity (Wildman–Crippen MR) is 112 cm³/mol. The number of hydrogen-bond donors (Lipinski definition) is 0. The van der Waals surface area contributed by atoms with Gasteiger partial charge in [0.25, 0.3) is 0 Å². The van der Waals surface area contributed by atoms with E-state index in [0.29, 0.717) is 12.3 Å². The van der Waals surface area contributed by atoms with Gasteiger partial charge in [-0.15, -0.1) is 34.5 Å². The Labute approximate surface area is 182 Å². The molecular weight excluding hydrogens is 407 g/mol. The monoisotopic (exact) mass is 435 g/mol. The van der Waals surface area contributed by atoms with Crippen molar-refractivity contribution in [1.82, 2.24) is 0 Å². The fourth-order valence-corrected chi connectivity index (χ4v) is 3.68. The zero-order chi connectivity index (χ0) is 18.7. The zero-order valence-corrected chi connectivity index (χ0v) is 19.3. The molecule has 3 rings (SSSR count). The second kappa shape index (κ2) is 9.20. The number of aldehydes is 1. The fraction of sp³-hybridized carbons (Fsp3) is 0.360. The molecule has 0 radical (unpaired) electrons. The van der Waals surface area contributed by atoms with Gasteiger partial charge in [0.2, 0.25) is 0 Å². The third kappa shape index (κ3) is 5.11. The normalized spacial score (nSPS) is 12.6. The first kappa shape index (κ1) is 21.9. The molecule has 0 heterocycles. The molecule has 2 heteroatoms. The van der Waals surface area contributed by atoms with E-state index in [9.17, 15) is 4.79 Å². The first-order valence-corrected chi connectivity index (χ1v) is 9.65. The molecule has 0 fully saturated rings. The quantitative estimate of drug-likeness (QED) is 0.311. The van der Waals surface area contributed by atoms with E-state index in [1.54, 1.807) is 0 Å². The summed E-state index contributed by atoms with van der Waals surface area (Å²) in [6.07, 6.45) is 3.73. The summed E-state index contributed by atoms with van der Waals surface area (Å²) >= 11 is 0. The van der Waals surface area contributed by atoms with Crippen LogP contribution < -0.4 is 0 Å². The van der Waals surface area contributed by atoms with Gasteiger partial charge in [0, 0.05) is 32.6 Å². The van der Waals surface area contributed by atoms with Crippen molar-refractivity contribution in [3.8, 4) is 11.1 Å². The molecule has 140 valence electrons. The molecule has 27 heavy (non-hydrogen) atoms. The van der Waals surface area contributed by atoms with E-state index in [4.69, 9.17) is 0 Å². The van der Waals surface area contributed by atoms with E-state index < -0.39 is 0 Å². The van der Waals surface area contributed by atoms with E-state index >= 15 is 0 Å². The van der Waals surface area contributed by atoms with Gasteiger partial charge in [0.05, 0.1) is 0 Å². The van der Waals surface area contributed by atoms with Crippen LogP contribution in [0.4, 0.5) is 0 Å². The fourth-order valence-electron chi connectivity index (χ4n) is 3.68. The molecule has 0 spiro atoms. The van der Waals surface area contributed by atoms with Crippen LogP contribution in [-0.2, 0) is 42.8 Å². The van der Waals surface area contributed by atoms with Gasteiger partial charge in [0.15, 0.2) is 0 Å². The summed E-state index contributed by atoms with van der Waals surface area (Å²) in [6.45, 7) is 8.90. The third-order valence-electron chi connectivity index (χ3n) is 5.40.